The van der Waals surface area contributed by atoms with Crippen molar-refractivity contribution in [3.05, 3.63) is 29.8 Å². The van der Waals surface area contributed by atoms with Gasteiger partial charge in [0.15, 0.2) is 0 Å². The highest BCUT2D eigenvalue weighted by molar-refractivity contribution is 5.94. The third-order valence-electron chi connectivity index (χ3n) is 2.35. The fourth-order valence-electron chi connectivity index (χ4n) is 1.32. The highest BCUT2D eigenvalue weighted by atomic mass is 16.5. The van der Waals surface area contributed by atoms with E-state index in [1.165, 1.54) is 0 Å². The van der Waals surface area contributed by atoms with E-state index in [4.69, 9.17) is 9.84 Å². The van der Waals surface area contributed by atoms with Crippen LogP contribution in [-0.4, -0.2) is 30.3 Å². The van der Waals surface area contributed by atoms with E-state index in [-0.39, 0.29) is 18.6 Å². The molecule has 0 spiro atoms. The van der Waals surface area contributed by atoms with E-state index >= 15 is 0 Å². The van der Waals surface area contributed by atoms with Crippen molar-refractivity contribution in [3.8, 4) is 5.75 Å². The van der Waals surface area contributed by atoms with Gasteiger partial charge in [-0.3, -0.25) is 4.79 Å². The fraction of sp³-hybridized carbons (Fsp3) is 0.500. The molecule has 1 atom stereocenters. The average Bonchev–Trinajstić information content (AvgIpc) is 2.36. The standard InChI is InChI=1S/C14H21NO3/c1-10(2)9-18-13-6-4-12(5-7-13)14(17)15-11(3)8-16/h4-7,10-11,16H,8-9H2,1-3H3,(H,15,17)/t11-/m0/s1. The minimum atomic E-state index is -0.241. The molecule has 1 aromatic rings. The lowest BCUT2D eigenvalue weighted by molar-refractivity contribution is 0.0922. The van der Waals surface area contributed by atoms with Crippen LogP contribution in [0.1, 0.15) is 31.1 Å². The molecule has 0 radical (unpaired) electrons. The van der Waals surface area contributed by atoms with Crippen LogP contribution in [0.15, 0.2) is 24.3 Å². The molecule has 1 amide bonds. The zero-order chi connectivity index (χ0) is 13.5. The fourth-order valence-corrected chi connectivity index (χ4v) is 1.32. The Bertz CT molecular complexity index is 373. The first-order valence-electron chi connectivity index (χ1n) is 6.17. The Morgan fingerprint density at radius 2 is 1.89 bits per heavy atom. The van der Waals surface area contributed by atoms with Crippen LogP contribution in [0.5, 0.6) is 5.75 Å². The second-order valence-electron chi connectivity index (χ2n) is 4.79. The Hall–Kier alpha value is -1.55. The summed E-state index contributed by atoms with van der Waals surface area (Å²) in [4.78, 5) is 11.7. The summed E-state index contributed by atoms with van der Waals surface area (Å²) in [7, 11) is 0. The SMILES string of the molecule is CC(C)COc1ccc(C(=O)N[C@@H](C)CO)cc1. The molecule has 0 aromatic heterocycles. The lowest BCUT2D eigenvalue weighted by atomic mass is 10.2. The molecule has 0 saturated carbocycles. The number of aliphatic hydroxyl groups excluding tert-OH is 1. The summed E-state index contributed by atoms with van der Waals surface area (Å²) in [6, 6.07) is 6.75. The quantitative estimate of drug-likeness (QED) is 0.811. The number of nitrogens with one attached hydrogen (secondary N) is 1. The van der Waals surface area contributed by atoms with E-state index in [2.05, 4.69) is 19.2 Å². The van der Waals surface area contributed by atoms with Crippen LogP contribution in [-0.2, 0) is 0 Å². The van der Waals surface area contributed by atoms with Crippen molar-refractivity contribution in [3.63, 3.8) is 0 Å². The Balaban J connectivity index is 2.56. The molecule has 0 aliphatic rings. The number of carbonyl (C=O) groups excluding carboxylic acids is 1. The first-order valence-corrected chi connectivity index (χ1v) is 6.17. The maximum absolute atomic E-state index is 11.7. The molecule has 0 fully saturated rings. The van der Waals surface area contributed by atoms with Crippen molar-refractivity contribution in [2.45, 2.75) is 26.8 Å². The van der Waals surface area contributed by atoms with Crippen molar-refractivity contribution in [2.24, 2.45) is 5.92 Å². The molecule has 2 N–H and O–H groups in total. The van der Waals surface area contributed by atoms with Crippen molar-refractivity contribution in [1.82, 2.24) is 5.32 Å². The van der Waals surface area contributed by atoms with Gasteiger partial charge in [0.2, 0.25) is 0 Å². The topological polar surface area (TPSA) is 58.6 Å². The van der Waals surface area contributed by atoms with E-state index in [1.54, 1.807) is 31.2 Å². The number of carbonyl (C=O) groups is 1. The maximum Gasteiger partial charge on any atom is 0.251 e. The van der Waals surface area contributed by atoms with Crippen LogP contribution in [0.2, 0.25) is 0 Å². The lowest BCUT2D eigenvalue weighted by Gasteiger charge is -2.12. The Labute approximate surface area is 108 Å². The Morgan fingerprint density at radius 1 is 1.28 bits per heavy atom. The molecule has 100 valence electrons. The van der Waals surface area contributed by atoms with Crippen LogP contribution < -0.4 is 10.1 Å². The summed E-state index contributed by atoms with van der Waals surface area (Å²) >= 11 is 0. The molecular formula is C14H21NO3. The summed E-state index contributed by atoms with van der Waals surface area (Å²) in [5.41, 5.74) is 0.562. The van der Waals surface area contributed by atoms with Gasteiger partial charge < -0.3 is 15.2 Å². The monoisotopic (exact) mass is 251 g/mol. The minimum Gasteiger partial charge on any atom is -0.493 e. The van der Waals surface area contributed by atoms with E-state index in [0.29, 0.717) is 18.1 Å². The maximum atomic E-state index is 11.7. The molecule has 18 heavy (non-hydrogen) atoms. The molecule has 0 aliphatic heterocycles. The number of aliphatic hydroxyl groups is 1. The van der Waals surface area contributed by atoms with E-state index in [1.807, 2.05) is 0 Å². The van der Waals surface area contributed by atoms with E-state index in [0.717, 1.165) is 5.75 Å². The number of amides is 1. The summed E-state index contributed by atoms with van der Waals surface area (Å²) in [5.74, 6) is 1.04. The van der Waals surface area contributed by atoms with Gasteiger partial charge in [0.1, 0.15) is 5.75 Å². The molecule has 0 bridgehead atoms. The molecule has 4 heteroatoms. The van der Waals surface area contributed by atoms with Gasteiger partial charge in [0, 0.05) is 11.6 Å². The number of rotatable bonds is 6. The summed E-state index contributed by atoms with van der Waals surface area (Å²) in [5, 5.41) is 11.5. The number of benzene rings is 1. The molecule has 1 aromatic carbocycles. The molecule has 0 heterocycles. The van der Waals surface area contributed by atoms with Gasteiger partial charge in [-0.2, -0.15) is 0 Å². The van der Waals surface area contributed by atoms with Gasteiger partial charge in [-0.15, -0.1) is 0 Å². The van der Waals surface area contributed by atoms with E-state index < -0.39 is 0 Å². The summed E-state index contributed by atoms with van der Waals surface area (Å²) < 4.78 is 5.53. The van der Waals surface area contributed by atoms with Crippen LogP contribution in [0.25, 0.3) is 0 Å². The first-order chi connectivity index (χ1) is 8.52. The molecular weight excluding hydrogens is 230 g/mol. The third kappa shape index (κ3) is 4.75. The molecule has 0 unspecified atom stereocenters. The van der Waals surface area contributed by atoms with E-state index in [9.17, 15) is 4.79 Å². The second kappa shape index (κ2) is 7.01. The average molecular weight is 251 g/mol. The first kappa shape index (κ1) is 14.5. The molecule has 0 saturated heterocycles. The Morgan fingerprint density at radius 3 is 2.39 bits per heavy atom. The molecule has 1 rings (SSSR count). The van der Waals surface area contributed by atoms with Gasteiger partial charge in [-0.25, -0.2) is 0 Å². The smallest absolute Gasteiger partial charge is 0.251 e. The third-order valence-corrected chi connectivity index (χ3v) is 2.35. The van der Waals surface area contributed by atoms with Crippen LogP contribution in [0.4, 0.5) is 0 Å². The van der Waals surface area contributed by atoms with Crippen LogP contribution in [0.3, 0.4) is 0 Å². The normalized spacial score (nSPS) is 12.3. The predicted octanol–water partition coefficient (Wildman–Crippen LogP) is 1.83. The van der Waals surface area contributed by atoms with Gasteiger partial charge >= 0.3 is 0 Å². The molecule has 4 nitrogen and oxygen atoms in total. The van der Waals surface area contributed by atoms with Crippen LogP contribution >= 0.6 is 0 Å². The van der Waals surface area contributed by atoms with Crippen molar-refractivity contribution < 1.29 is 14.6 Å². The lowest BCUT2D eigenvalue weighted by Crippen LogP contribution is -2.34. The highest BCUT2D eigenvalue weighted by Crippen LogP contribution is 2.13. The summed E-state index contributed by atoms with van der Waals surface area (Å²) in [6.45, 7) is 6.50. The van der Waals surface area contributed by atoms with Gasteiger partial charge in [0.25, 0.3) is 5.91 Å². The van der Waals surface area contributed by atoms with Crippen molar-refractivity contribution in [2.75, 3.05) is 13.2 Å². The van der Waals surface area contributed by atoms with Gasteiger partial charge in [-0.1, -0.05) is 13.8 Å². The largest absolute Gasteiger partial charge is 0.493 e. The summed E-state index contributed by atoms with van der Waals surface area (Å²) in [6.07, 6.45) is 0. The zero-order valence-electron chi connectivity index (χ0n) is 11.1. The number of ether oxygens (including phenoxy) is 1. The predicted molar refractivity (Wildman–Crippen MR) is 70.8 cm³/mol. The van der Waals surface area contributed by atoms with Gasteiger partial charge in [-0.05, 0) is 37.1 Å². The second-order valence-corrected chi connectivity index (χ2v) is 4.79. The molecule has 0 aliphatic carbocycles. The minimum absolute atomic E-state index is 0.0681. The number of hydrogen-bond donors (Lipinski definition) is 2. The highest BCUT2D eigenvalue weighted by Gasteiger charge is 2.08. The Kier molecular flexibility index (Phi) is 5.65. The van der Waals surface area contributed by atoms with Crippen molar-refractivity contribution in [1.29, 1.82) is 0 Å². The van der Waals surface area contributed by atoms with Crippen molar-refractivity contribution >= 4 is 5.91 Å². The number of hydrogen-bond acceptors (Lipinski definition) is 3. The van der Waals surface area contributed by atoms with Gasteiger partial charge in [0.05, 0.1) is 13.2 Å². The van der Waals surface area contributed by atoms with Crippen LogP contribution in [0, 0.1) is 5.92 Å². The zero-order valence-corrected chi connectivity index (χ0v) is 11.1.